The number of aromatic nitrogens is 1. The molecule has 4 rings (SSSR count). The van der Waals surface area contributed by atoms with E-state index in [0.29, 0.717) is 22.2 Å². The zero-order valence-electron chi connectivity index (χ0n) is 26.2. The number of nitrogens with one attached hydrogen (secondary N) is 2. The van der Waals surface area contributed by atoms with E-state index in [0.717, 1.165) is 47.5 Å². The van der Waals surface area contributed by atoms with Crippen LogP contribution in [0.2, 0.25) is 0 Å². The van der Waals surface area contributed by atoms with Crippen LogP contribution in [-0.2, 0) is 14.3 Å². The molecule has 2 N–H and O–H groups in total. The number of esters is 1. The van der Waals surface area contributed by atoms with Gasteiger partial charge in [0.25, 0.3) is 5.91 Å². The summed E-state index contributed by atoms with van der Waals surface area (Å²) in [6.45, 7) is 11.4. The van der Waals surface area contributed by atoms with Gasteiger partial charge in [-0.05, 0) is 90.0 Å². The Morgan fingerprint density at radius 3 is 2.27 bits per heavy atom. The molecule has 236 valence electrons. The van der Waals surface area contributed by atoms with Crippen LogP contribution in [0.4, 0.5) is 21.3 Å². The number of rotatable bonds is 8. The zero-order chi connectivity index (χ0) is 32.2. The second-order valence-electron chi connectivity index (χ2n) is 12.3. The number of nitrogens with zero attached hydrogens (tertiary/aromatic N) is 2. The Labute approximate surface area is 266 Å². The molecule has 0 saturated heterocycles. The minimum atomic E-state index is -0.654. The number of methoxy groups -OCH3 is 1. The molecule has 2 aromatic heterocycles. The number of hydrogen-bond acceptors (Lipinski definition) is 9. The monoisotopic (exact) mass is 640 g/mol. The fourth-order valence-corrected chi connectivity index (χ4v) is 6.79. The molecule has 10 nitrogen and oxygen atoms in total. The van der Waals surface area contributed by atoms with E-state index in [1.807, 2.05) is 32.0 Å². The van der Waals surface area contributed by atoms with Crippen molar-refractivity contribution in [3.05, 3.63) is 46.3 Å². The number of ether oxygens (including phenoxy) is 2. The van der Waals surface area contributed by atoms with E-state index in [4.69, 9.17) is 9.47 Å². The molecule has 1 aliphatic rings. The minimum Gasteiger partial charge on any atom is -0.465 e. The fraction of sp³-hybridized carbons (Fsp3) is 0.469. The molecule has 2 heterocycles. The first-order valence-corrected chi connectivity index (χ1v) is 16.4. The molecule has 0 unspecified atom stereocenters. The summed E-state index contributed by atoms with van der Waals surface area (Å²) in [6, 6.07) is 8.93. The highest BCUT2D eigenvalue weighted by Gasteiger charge is 2.33. The zero-order valence-corrected chi connectivity index (χ0v) is 27.8. The van der Waals surface area contributed by atoms with E-state index in [2.05, 4.69) is 22.5 Å². The highest BCUT2D eigenvalue weighted by molar-refractivity contribution is 7.18. The van der Waals surface area contributed by atoms with Crippen molar-refractivity contribution in [2.75, 3.05) is 22.6 Å². The van der Waals surface area contributed by atoms with Crippen LogP contribution in [0, 0.1) is 11.8 Å². The van der Waals surface area contributed by atoms with Crippen molar-refractivity contribution in [3.8, 4) is 10.4 Å². The predicted molar refractivity (Wildman–Crippen MR) is 175 cm³/mol. The average Bonchev–Trinajstić information content (AvgIpc) is 3.60. The molecular weight excluding hydrogens is 601 g/mol. The van der Waals surface area contributed by atoms with Gasteiger partial charge in [-0.25, -0.2) is 14.6 Å². The van der Waals surface area contributed by atoms with Crippen LogP contribution >= 0.6 is 22.7 Å². The topological polar surface area (TPSA) is 127 Å². The van der Waals surface area contributed by atoms with Crippen LogP contribution in [0.5, 0.6) is 0 Å². The summed E-state index contributed by atoms with van der Waals surface area (Å²) in [5, 5.41) is 7.15. The average molecular weight is 641 g/mol. The lowest BCUT2D eigenvalue weighted by Gasteiger charge is -2.33. The summed E-state index contributed by atoms with van der Waals surface area (Å²) >= 11 is 2.39. The Bertz CT molecular complexity index is 1500. The summed E-state index contributed by atoms with van der Waals surface area (Å²) in [5.74, 6) is -0.309. The summed E-state index contributed by atoms with van der Waals surface area (Å²) in [6.07, 6.45) is 3.10. The molecule has 0 aliphatic heterocycles. The van der Waals surface area contributed by atoms with Crippen LogP contribution in [0.15, 0.2) is 35.7 Å². The SMILES string of the molecule is COC(=O)c1sc(-c2ccc(NC(=O)c3csc(NC(=O)OC(C)(C)C)n3)cc2)cc1N(C(=O)C1CCC(C)CC1)C(C)C. The quantitative estimate of drug-likeness (QED) is 0.240. The van der Waals surface area contributed by atoms with E-state index >= 15 is 0 Å². The number of carbonyl (C=O) groups excluding carboxylic acids is 4. The fourth-order valence-electron chi connectivity index (χ4n) is 5.04. The summed E-state index contributed by atoms with van der Waals surface area (Å²) in [4.78, 5) is 58.5. The van der Waals surface area contributed by atoms with Crippen molar-refractivity contribution in [2.24, 2.45) is 11.8 Å². The molecule has 1 aliphatic carbocycles. The summed E-state index contributed by atoms with van der Waals surface area (Å²) in [5.41, 5.74) is 1.43. The predicted octanol–water partition coefficient (Wildman–Crippen LogP) is 7.83. The Morgan fingerprint density at radius 1 is 1.02 bits per heavy atom. The van der Waals surface area contributed by atoms with Gasteiger partial charge >= 0.3 is 12.1 Å². The van der Waals surface area contributed by atoms with Crippen LogP contribution in [-0.4, -0.2) is 47.6 Å². The normalized spacial score (nSPS) is 16.7. The van der Waals surface area contributed by atoms with Crippen LogP contribution < -0.4 is 15.5 Å². The van der Waals surface area contributed by atoms with Gasteiger partial charge in [-0.1, -0.05) is 19.1 Å². The number of amides is 3. The largest absolute Gasteiger partial charge is 0.465 e. The van der Waals surface area contributed by atoms with E-state index < -0.39 is 23.6 Å². The molecule has 1 aromatic carbocycles. The lowest BCUT2D eigenvalue weighted by atomic mass is 9.82. The van der Waals surface area contributed by atoms with Crippen LogP contribution in [0.3, 0.4) is 0 Å². The van der Waals surface area contributed by atoms with E-state index in [9.17, 15) is 19.2 Å². The number of carbonyl (C=O) groups is 4. The van der Waals surface area contributed by atoms with Gasteiger partial charge in [0.05, 0.1) is 12.8 Å². The molecular formula is C32H40N4O6S2. The van der Waals surface area contributed by atoms with Crippen LogP contribution in [0.25, 0.3) is 10.4 Å². The highest BCUT2D eigenvalue weighted by atomic mass is 32.1. The Kier molecular flexibility index (Phi) is 10.5. The second kappa shape index (κ2) is 13.9. The summed E-state index contributed by atoms with van der Waals surface area (Å²) in [7, 11) is 1.34. The van der Waals surface area contributed by atoms with Gasteiger partial charge in [0, 0.05) is 27.9 Å². The second-order valence-corrected chi connectivity index (χ2v) is 14.2. The third-order valence-corrected chi connectivity index (χ3v) is 9.14. The van der Waals surface area contributed by atoms with Crippen molar-refractivity contribution >= 4 is 63.1 Å². The minimum absolute atomic E-state index is 0.0472. The van der Waals surface area contributed by atoms with E-state index in [-0.39, 0.29) is 28.7 Å². The highest BCUT2D eigenvalue weighted by Crippen LogP contribution is 2.40. The van der Waals surface area contributed by atoms with E-state index in [1.165, 1.54) is 18.4 Å². The van der Waals surface area contributed by atoms with Gasteiger partial charge in [-0.2, -0.15) is 0 Å². The molecule has 3 amide bonds. The first-order valence-electron chi connectivity index (χ1n) is 14.7. The molecule has 0 bridgehead atoms. The Balaban J connectivity index is 1.50. The Hall–Kier alpha value is -3.77. The molecule has 0 radical (unpaired) electrons. The molecule has 44 heavy (non-hydrogen) atoms. The van der Waals surface area contributed by atoms with Gasteiger partial charge in [-0.3, -0.25) is 14.9 Å². The number of hydrogen-bond donors (Lipinski definition) is 2. The maximum absolute atomic E-state index is 13.7. The lowest BCUT2D eigenvalue weighted by molar-refractivity contribution is -0.123. The molecule has 1 saturated carbocycles. The Morgan fingerprint density at radius 2 is 1.68 bits per heavy atom. The van der Waals surface area contributed by atoms with E-state index in [1.54, 1.807) is 43.2 Å². The van der Waals surface area contributed by atoms with Gasteiger partial charge in [0.1, 0.15) is 16.2 Å². The third-order valence-electron chi connectivity index (χ3n) is 7.23. The lowest BCUT2D eigenvalue weighted by Crippen LogP contribution is -2.42. The van der Waals surface area contributed by atoms with Gasteiger partial charge in [-0.15, -0.1) is 22.7 Å². The maximum atomic E-state index is 13.7. The molecule has 0 spiro atoms. The number of benzene rings is 1. The smallest absolute Gasteiger partial charge is 0.413 e. The van der Waals surface area contributed by atoms with Crippen molar-refractivity contribution in [2.45, 2.75) is 78.9 Å². The first kappa shape index (κ1) is 33.1. The van der Waals surface area contributed by atoms with Gasteiger partial charge in [0.2, 0.25) is 5.91 Å². The maximum Gasteiger partial charge on any atom is 0.413 e. The molecule has 12 heteroatoms. The van der Waals surface area contributed by atoms with Crippen molar-refractivity contribution in [3.63, 3.8) is 0 Å². The standard InChI is InChI=1S/C32H40N4O6S2/c1-18(2)36(28(38)21-10-8-19(3)9-11-21)24-16-25(44-26(24)29(39)41-7)20-12-14-22(15-13-20)33-27(37)23-17-43-30(34-23)35-31(40)42-32(4,5)6/h12-19,21H,8-11H2,1-7H3,(H,33,37)(H,34,35,40). The van der Waals surface area contributed by atoms with Gasteiger partial charge < -0.3 is 19.7 Å². The molecule has 0 atom stereocenters. The first-order chi connectivity index (χ1) is 20.8. The third kappa shape index (κ3) is 8.23. The number of thiazole rings is 1. The number of thiophene rings is 1. The summed E-state index contributed by atoms with van der Waals surface area (Å²) < 4.78 is 10.3. The molecule has 3 aromatic rings. The van der Waals surface area contributed by atoms with Crippen molar-refractivity contribution in [1.82, 2.24) is 4.98 Å². The van der Waals surface area contributed by atoms with Crippen LogP contribution in [0.1, 0.15) is 87.4 Å². The van der Waals surface area contributed by atoms with Crippen molar-refractivity contribution in [1.29, 1.82) is 0 Å². The van der Waals surface area contributed by atoms with Gasteiger partial charge in [0.15, 0.2) is 5.13 Å². The number of anilines is 3. The molecule has 1 fully saturated rings. The van der Waals surface area contributed by atoms with Crippen molar-refractivity contribution < 1.29 is 28.7 Å².